The van der Waals surface area contributed by atoms with Crippen molar-refractivity contribution in [2.75, 3.05) is 0 Å². The predicted molar refractivity (Wildman–Crippen MR) is 104 cm³/mol. The molecule has 4 nitrogen and oxygen atoms in total. The Morgan fingerprint density at radius 3 is 2.64 bits per heavy atom. The lowest BCUT2D eigenvalue weighted by molar-refractivity contribution is 0.0936. The highest BCUT2D eigenvalue weighted by Crippen LogP contribution is 2.29. The molecule has 0 spiro atoms. The van der Waals surface area contributed by atoms with E-state index in [1.54, 1.807) is 19.1 Å². The van der Waals surface area contributed by atoms with Gasteiger partial charge in [0.05, 0.1) is 17.3 Å². The van der Waals surface area contributed by atoms with Crippen LogP contribution in [0.4, 0.5) is 8.78 Å². The van der Waals surface area contributed by atoms with Crippen LogP contribution in [0.2, 0.25) is 0 Å². The van der Waals surface area contributed by atoms with Crippen molar-refractivity contribution in [3.05, 3.63) is 82.2 Å². The maximum absolute atomic E-state index is 14.0. The number of nitrogens with one attached hydrogen (secondary N) is 1. The molecule has 1 heterocycles. The van der Waals surface area contributed by atoms with Gasteiger partial charge in [-0.25, -0.2) is 8.78 Å². The Kier molecular flexibility index (Phi) is 6.14. The standard InChI is InChI=1S/C21H20F2N2O2S/c1-12(16-9-8-15(22)10-19(16)23)24-21(26)17-6-4-5-7-20(17)28-11-18-13(2)25-27-14(18)3/h4-10,12H,11H2,1-3H3,(H,24,26). The summed E-state index contributed by atoms with van der Waals surface area (Å²) in [5, 5.41) is 6.73. The molecule has 2 aromatic carbocycles. The SMILES string of the molecule is Cc1noc(C)c1CSc1ccccc1C(=O)NC(C)c1ccc(F)cc1F. The van der Waals surface area contributed by atoms with Crippen molar-refractivity contribution in [1.82, 2.24) is 10.5 Å². The first kappa shape index (κ1) is 20.1. The van der Waals surface area contributed by atoms with Crippen LogP contribution in [0.15, 0.2) is 51.9 Å². The summed E-state index contributed by atoms with van der Waals surface area (Å²) < 4.78 is 32.3. The summed E-state index contributed by atoms with van der Waals surface area (Å²) in [5.74, 6) is -0.284. The van der Waals surface area contributed by atoms with E-state index in [1.165, 1.54) is 23.9 Å². The largest absolute Gasteiger partial charge is 0.361 e. The molecule has 0 fully saturated rings. The third-order valence-corrected chi connectivity index (χ3v) is 5.56. The van der Waals surface area contributed by atoms with Crippen LogP contribution in [-0.4, -0.2) is 11.1 Å². The molecule has 1 amide bonds. The number of carbonyl (C=O) groups excluding carboxylic acids is 1. The van der Waals surface area contributed by atoms with Crippen LogP contribution < -0.4 is 5.32 Å². The summed E-state index contributed by atoms with van der Waals surface area (Å²) in [6.45, 7) is 5.39. The number of thioether (sulfide) groups is 1. The number of aromatic nitrogens is 1. The first-order chi connectivity index (χ1) is 13.4. The molecule has 0 aliphatic carbocycles. The first-order valence-corrected chi connectivity index (χ1v) is 9.74. The van der Waals surface area contributed by atoms with Gasteiger partial charge in [0.2, 0.25) is 0 Å². The van der Waals surface area contributed by atoms with Gasteiger partial charge in [0.25, 0.3) is 5.91 Å². The van der Waals surface area contributed by atoms with Gasteiger partial charge in [0, 0.05) is 27.8 Å². The van der Waals surface area contributed by atoms with Crippen molar-refractivity contribution in [3.63, 3.8) is 0 Å². The van der Waals surface area contributed by atoms with Crippen LogP contribution >= 0.6 is 11.8 Å². The summed E-state index contributed by atoms with van der Waals surface area (Å²) in [6.07, 6.45) is 0. The number of hydrogen-bond acceptors (Lipinski definition) is 4. The molecule has 1 unspecified atom stereocenters. The highest BCUT2D eigenvalue weighted by Gasteiger charge is 2.18. The number of carbonyl (C=O) groups is 1. The van der Waals surface area contributed by atoms with E-state index in [4.69, 9.17) is 4.52 Å². The number of aryl methyl sites for hydroxylation is 2. The van der Waals surface area contributed by atoms with E-state index in [0.29, 0.717) is 11.3 Å². The molecule has 1 atom stereocenters. The zero-order chi connectivity index (χ0) is 20.3. The molecule has 0 saturated carbocycles. The minimum absolute atomic E-state index is 0.232. The predicted octanol–water partition coefficient (Wildman–Crippen LogP) is 5.35. The van der Waals surface area contributed by atoms with Crippen LogP contribution in [0.25, 0.3) is 0 Å². The average molecular weight is 402 g/mol. The van der Waals surface area contributed by atoms with Crippen molar-refractivity contribution in [1.29, 1.82) is 0 Å². The van der Waals surface area contributed by atoms with E-state index < -0.39 is 17.7 Å². The fourth-order valence-corrected chi connectivity index (χ4v) is 4.05. The van der Waals surface area contributed by atoms with Crippen molar-refractivity contribution in [2.24, 2.45) is 0 Å². The number of hydrogen-bond donors (Lipinski definition) is 1. The fraction of sp³-hybridized carbons (Fsp3) is 0.238. The highest BCUT2D eigenvalue weighted by atomic mass is 32.2. The van der Waals surface area contributed by atoms with Crippen molar-refractivity contribution in [2.45, 2.75) is 37.5 Å². The smallest absolute Gasteiger partial charge is 0.252 e. The zero-order valence-electron chi connectivity index (χ0n) is 15.8. The number of nitrogens with zero attached hydrogens (tertiary/aromatic N) is 1. The molecule has 0 radical (unpaired) electrons. The molecular weight excluding hydrogens is 382 g/mol. The molecule has 1 aromatic heterocycles. The van der Waals surface area contributed by atoms with Crippen LogP contribution in [0, 0.1) is 25.5 Å². The van der Waals surface area contributed by atoms with E-state index in [-0.39, 0.29) is 11.5 Å². The molecule has 3 rings (SSSR count). The van der Waals surface area contributed by atoms with Crippen LogP contribution in [0.5, 0.6) is 0 Å². The average Bonchev–Trinajstić information content (AvgIpc) is 2.98. The third-order valence-electron chi connectivity index (χ3n) is 4.46. The summed E-state index contributed by atoms with van der Waals surface area (Å²) in [5.41, 5.74) is 2.55. The van der Waals surface area contributed by atoms with Crippen molar-refractivity contribution >= 4 is 17.7 Å². The molecule has 7 heteroatoms. The normalized spacial score (nSPS) is 12.0. The Morgan fingerprint density at radius 2 is 1.96 bits per heavy atom. The molecule has 0 bridgehead atoms. The Bertz CT molecular complexity index is 984. The quantitative estimate of drug-likeness (QED) is 0.565. The molecule has 28 heavy (non-hydrogen) atoms. The second-order valence-corrected chi connectivity index (χ2v) is 7.47. The van der Waals surface area contributed by atoms with Crippen LogP contribution in [0.3, 0.4) is 0 Å². The Balaban J connectivity index is 1.75. The van der Waals surface area contributed by atoms with E-state index in [0.717, 1.165) is 28.0 Å². The van der Waals surface area contributed by atoms with Crippen LogP contribution in [0.1, 0.15) is 45.9 Å². The maximum Gasteiger partial charge on any atom is 0.252 e. The fourth-order valence-electron chi connectivity index (χ4n) is 2.84. The summed E-state index contributed by atoms with van der Waals surface area (Å²) in [4.78, 5) is 13.6. The number of halogens is 2. The van der Waals surface area contributed by atoms with Gasteiger partial charge in [-0.3, -0.25) is 4.79 Å². The lowest BCUT2D eigenvalue weighted by Crippen LogP contribution is -2.27. The molecule has 0 aliphatic heterocycles. The maximum atomic E-state index is 14.0. The van der Waals surface area contributed by atoms with Gasteiger partial charge in [0.15, 0.2) is 0 Å². The van der Waals surface area contributed by atoms with Gasteiger partial charge in [-0.1, -0.05) is 23.4 Å². The molecule has 0 saturated heterocycles. The molecule has 1 N–H and O–H groups in total. The van der Waals surface area contributed by atoms with Gasteiger partial charge in [-0.05, 0) is 39.0 Å². The van der Waals surface area contributed by atoms with Gasteiger partial charge in [-0.15, -0.1) is 11.8 Å². The minimum atomic E-state index is -0.686. The molecular formula is C21H20F2N2O2S. The Labute approximate surface area is 166 Å². The van der Waals surface area contributed by atoms with Crippen molar-refractivity contribution < 1.29 is 18.1 Å². The Morgan fingerprint density at radius 1 is 1.21 bits per heavy atom. The van der Waals surface area contributed by atoms with Gasteiger partial charge >= 0.3 is 0 Å². The first-order valence-electron chi connectivity index (χ1n) is 8.76. The highest BCUT2D eigenvalue weighted by molar-refractivity contribution is 7.98. The second-order valence-electron chi connectivity index (χ2n) is 6.45. The lowest BCUT2D eigenvalue weighted by atomic mass is 10.1. The number of amides is 1. The summed E-state index contributed by atoms with van der Waals surface area (Å²) in [7, 11) is 0. The van der Waals surface area contributed by atoms with Gasteiger partial charge in [-0.2, -0.15) is 0 Å². The topological polar surface area (TPSA) is 55.1 Å². The van der Waals surface area contributed by atoms with E-state index in [1.807, 2.05) is 26.0 Å². The second kappa shape index (κ2) is 8.56. The summed E-state index contributed by atoms with van der Waals surface area (Å²) >= 11 is 1.50. The van der Waals surface area contributed by atoms with Crippen molar-refractivity contribution in [3.8, 4) is 0 Å². The molecule has 3 aromatic rings. The van der Waals surface area contributed by atoms with Crippen LogP contribution in [-0.2, 0) is 5.75 Å². The van der Waals surface area contributed by atoms with E-state index in [9.17, 15) is 13.6 Å². The minimum Gasteiger partial charge on any atom is -0.361 e. The van der Waals surface area contributed by atoms with E-state index in [2.05, 4.69) is 10.5 Å². The van der Waals surface area contributed by atoms with Gasteiger partial charge in [0.1, 0.15) is 17.4 Å². The molecule has 146 valence electrons. The third kappa shape index (κ3) is 4.42. The summed E-state index contributed by atoms with van der Waals surface area (Å²) in [6, 6.07) is 9.94. The number of rotatable bonds is 6. The van der Waals surface area contributed by atoms with Gasteiger partial charge < -0.3 is 9.84 Å². The number of benzene rings is 2. The molecule has 0 aliphatic rings. The van der Waals surface area contributed by atoms with E-state index >= 15 is 0 Å². The zero-order valence-corrected chi connectivity index (χ0v) is 16.6. The Hall–Kier alpha value is -2.67. The lowest BCUT2D eigenvalue weighted by Gasteiger charge is -2.16. The monoisotopic (exact) mass is 402 g/mol.